The lowest BCUT2D eigenvalue weighted by Crippen LogP contribution is -2.12. The number of ether oxygens (including phenoxy) is 1. The van der Waals surface area contributed by atoms with Crippen molar-refractivity contribution in [1.82, 2.24) is 4.98 Å². The summed E-state index contributed by atoms with van der Waals surface area (Å²) in [4.78, 5) is 15.8. The highest BCUT2D eigenvalue weighted by Crippen LogP contribution is 2.16. The van der Waals surface area contributed by atoms with Crippen LogP contribution in [0.3, 0.4) is 0 Å². The molecule has 0 bridgehead atoms. The molecule has 1 aromatic heterocycles. The summed E-state index contributed by atoms with van der Waals surface area (Å²) in [5.74, 6) is 0.428. The number of pyridine rings is 1. The van der Waals surface area contributed by atoms with Crippen LogP contribution in [0.5, 0.6) is 5.75 Å². The van der Waals surface area contributed by atoms with Gasteiger partial charge >= 0.3 is 0 Å². The SMILES string of the molecule is Cc1ccccc1C(=O)COc1cncc(Cl)c1. The lowest BCUT2D eigenvalue weighted by atomic mass is 10.1. The molecule has 3 nitrogen and oxygen atoms in total. The average Bonchev–Trinajstić information content (AvgIpc) is 2.37. The van der Waals surface area contributed by atoms with Crippen molar-refractivity contribution in [2.45, 2.75) is 6.92 Å². The quantitative estimate of drug-likeness (QED) is 0.793. The van der Waals surface area contributed by atoms with Crippen molar-refractivity contribution in [3.63, 3.8) is 0 Å². The number of aryl methyl sites for hydroxylation is 1. The summed E-state index contributed by atoms with van der Waals surface area (Å²) in [5, 5.41) is 0.482. The van der Waals surface area contributed by atoms with Crippen molar-refractivity contribution >= 4 is 17.4 Å². The summed E-state index contributed by atoms with van der Waals surface area (Å²) < 4.78 is 5.36. The fourth-order valence-corrected chi connectivity index (χ4v) is 1.75. The zero-order valence-corrected chi connectivity index (χ0v) is 10.6. The van der Waals surface area contributed by atoms with Crippen molar-refractivity contribution < 1.29 is 9.53 Å². The summed E-state index contributed by atoms with van der Waals surface area (Å²) in [7, 11) is 0. The maximum absolute atomic E-state index is 11.9. The van der Waals surface area contributed by atoms with Crippen molar-refractivity contribution in [2.24, 2.45) is 0 Å². The number of hydrogen-bond donors (Lipinski definition) is 0. The van der Waals surface area contributed by atoms with Gasteiger partial charge in [0, 0.05) is 17.8 Å². The third-order valence-electron chi connectivity index (χ3n) is 2.50. The Labute approximate surface area is 110 Å². The van der Waals surface area contributed by atoms with Gasteiger partial charge in [-0.25, -0.2) is 0 Å². The van der Waals surface area contributed by atoms with Gasteiger partial charge in [0.25, 0.3) is 0 Å². The predicted octanol–water partition coefficient (Wildman–Crippen LogP) is 3.31. The van der Waals surface area contributed by atoms with Crippen molar-refractivity contribution in [2.75, 3.05) is 6.61 Å². The number of halogens is 1. The molecule has 0 saturated carbocycles. The van der Waals surface area contributed by atoms with Gasteiger partial charge in [-0.15, -0.1) is 0 Å². The lowest BCUT2D eigenvalue weighted by Gasteiger charge is -2.07. The van der Waals surface area contributed by atoms with Crippen LogP contribution in [0, 0.1) is 6.92 Å². The van der Waals surface area contributed by atoms with E-state index in [1.54, 1.807) is 12.1 Å². The molecule has 2 rings (SSSR count). The van der Waals surface area contributed by atoms with Gasteiger partial charge < -0.3 is 4.74 Å². The molecule has 0 unspecified atom stereocenters. The first-order chi connectivity index (χ1) is 8.66. The third kappa shape index (κ3) is 3.08. The largest absolute Gasteiger partial charge is 0.484 e. The van der Waals surface area contributed by atoms with Gasteiger partial charge in [-0.05, 0) is 12.5 Å². The minimum atomic E-state index is -0.0620. The minimum absolute atomic E-state index is 0.0210. The van der Waals surface area contributed by atoms with Crippen LogP contribution in [0.1, 0.15) is 15.9 Å². The summed E-state index contributed by atoms with van der Waals surface area (Å²) >= 11 is 5.77. The summed E-state index contributed by atoms with van der Waals surface area (Å²) in [6.45, 7) is 1.88. The van der Waals surface area contributed by atoms with E-state index in [0.717, 1.165) is 5.56 Å². The molecule has 0 atom stereocenters. The number of Topliss-reactive ketones (excluding diaryl/α,β-unsaturated/α-hetero) is 1. The molecule has 0 radical (unpaired) electrons. The normalized spacial score (nSPS) is 10.1. The third-order valence-corrected chi connectivity index (χ3v) is 2.70. The first kappa shape index (κ1) is 12.6. The van der Waals surface area contributed by atoms with Crippen molar-refractivity contribution in [3.8, 4) is 5.75 Å². The highest BCUT2D eigenvalue weighted by molar-refractivity contribution is 6.30. The van der Waals surface area contributed by atoms with Crippen LogP contribution >= 0.6 is 11.6 Å². The number of hydrogen-bond acceptors (Lipinski definition) is 3. The highest BCUT2D eigenvalue weighted by atomic mass is 35.5. The molecule has 92 valence electrons. The topological polar surface area (TPSA) is 39.2 Å². The van der Waals surface area contributed by atoms with Crippen molar-refractivity contribution in [1.29, 1.82) is 0 Å². The standard InChI is InChI=1S/C14H12ClNO2/c1-10-4-2-3-5-13(10)14(17)9-18-12-6-11(15)7-16-8-12/h2-8H,9H2,1H3. The first-order valence-electron chi connectivity index (χ1n) is 5.49. The van der Waals surface area contributed by atoms with Crippen LogP contribution < -0.4 is 4.74 Å². The fourth-order valence-electron chi connectivity index (χ4n) is 1.58. The van der Waals surface area contributed by atoms with E-state index >= 15 is 0 Å². The fraction of sp³-hybridized carbons (Fsp3) is 0.143. The second kappa shape index (κ2) is 5.65. The number of benzene rings is 1. The Kier molecular flexibility index (Phi) is 3.95. The smallest absolute Gasteiger partial charge is 0.200 e. The maximum Gasteiger partial charge on any atom is 0.200 e. The molecule has 2 aromatic rings. The summed E-state index contributed by atoms with van der Waals surface area (Å²) in [6.07, 6.45) is 3.04. The van der Waals surface area contributed by atoms with E-state index in [1.807, 2.05) is 25.1 Å². The van der Waals surface area contributed by atoms with E-state index in [-0.39, 0.29) is 12.4 Å². The molecule has 0 fully saturated rings. The lowest BCUT2D eigenvalue weighted by molar-refractivity contribution is 0.0920. The van der Waals surface area contributed by atoms with E-state index in [0.29, 0.717) is 16.3 Å². The van der Waals surface area contributed by atoms with Crippen LogP contribution in [-0.2, 0) is 0 Å². The molecular formula is C14H12ClNO2. The molecule has 0 N–H and O–H groups in total. The molecule has 0 saturated heterocycles. The Morgan fingerprint density at radius 2 is 2.11 bits per heavy atom. The number of ketones is 1. The Hall–Kier alpha value is -1.87. The summed E-state index contributed by atoms with van der Waals surface area (Å²) in [6, 6.07) is 9.04. The number of aromatic nitrogens is 1. The number of carbonyl (C=O) groups excluding carboxylic acids is 1. The van der Waals surface area contributed by atoms with Gasteiger partial charge in [0.2, 0.25) is 0 Å². The van der Waals surface area contributed by atoms with Crippen LogP contribution in [0.2, 0.25) is 5.02 Å². The molecule has 1 heterocycles. The Bertz CT molecular complexity index is 569. The Balaban J connectivity index is 2.03. The molecule has 0 amide bonds. The predicted molar refractivity (Wildman–Crippen MR) is 70.3 cm³/mol. The summed E-state index contributed by atoms with van der Waals surface area (Å²) in [5.41, 5.74) is 1.61. The molecule has 0 aliphatic carbocycles. The molecule has 0 spiro atoms. The molecular weight excluding hydrogens is 250 g/mol. The van der Waals surface area contributed by atoms with Gasteiger partial charge in [0.05, 0.1) is 11.2 Å². The molecule has 0 aliphatic heterocycles. The van der Waals surface area contributed by atoms with E-state index in [4.69, 9.17) is 16.3 Å². The highest BCUT2D eigenvalue weighted by Gasteiger charge is 2.09. The number of rotatable bonds is 4. The Morgan fingerprint density at radius 3 is 2.83 bits per heavy atom. The zero-order valence-electron chi connectivity index (χ0n) is 9.89. The molecule has 0 aliphatic rings. The van der Waals surface area contributed by atoms with E-state index < -0.39 is 0 Å². The van der Waals surface area contributed by atoms with Gasteiger partial charge in [-0.2, -0.15) is 0 Å². The maximum atomic E-state index is 11.9. The van der Waals surface area contributed by atoms with Crippen LogP contribution in [0.25, 0.3) is 0 Å². The Morgan fingerprint density at radius 1 is 1.33 bits per heavy atom. The monoisotopic (exact) mass is 261 g/mol. The van der Waals surface area contributed by atoms with Gasteiger partial charge in [-0.1, -0.05) is 35.9 Å². The second-order valence-electron chi connectivity index (χ2n) is 3.87. The van der Waals surface area contributed by atoms with E-state index in [1.165, 1.54) is 12.4 Å². The minimum Gasteiger partial charge on any atom is -0.484 e. The number of nitrogens with zero attached hydrogens (tertiary/aromatic N) is 1. The average molecular weight is 262 g/mol. The molecule has 4 heteroatoms. The van der Waals surface area contributed by atoms with Crippen LogP contribution in [-0.4, -0.2) is 17.4 Å². The molecule has 18 heavy (non-hydrogen) atoms. The van der Waals surface area contributed by atoms with Crippen molar-refractivity contribution in [3.05, 3.63) is 58.9 Å². The van der Waals surface area contributed by atoms with Gasteiger partial charge in [0.15, 0.2) is 12.4 Å². The van der Waals surface area contributed by atoms with E-state index in [2.05, 4.69) is 4.98 Å². The van der Waals surface area contributed by atoms with E-state index in [9.17, 15) is 4.79 Å². The second-order valence-corrected chi connectivity index (χ2v) is 4.30. The number of carbonyl (C=O) groups is 1. The van der Waals surface area contributed by atoms with Gasteiger partial charge in [-0.3, -0.25) is 9.78 Å². The van der Waals surface area contributed by atoms with Gasteiger partial charge in [0.1, 0.15) is 5.75 Å². The first-order valence-corrected chi connectivity index (χ1v) is 5.87. The van der Waals surface area contributed by atoms with Crippen LogP contribution in [0.4, 0.5) is 0 Å². The zero-order chi connectivity index (χ0) is 13.0. The van der Waals surface area contributed by atoms with Crippen LogP contribution in [0.15, 0.2) is 42.7 Å². The molecule has 1 aromatic carbocycles.